The molecule has 0 radical (unpaired) electrons. The van der Waals surface area contributed by atoms with Crippen molar-refractivity contribution in [3.05, 3.63) is 35.4 Å². The molecule has 1 N–H and O–H groups in total. The molecule has 6 nitrogen and oxygen atoms in total. The van der Waals surface area contributed by atoms with Gasteiger partial charge in [-0.25, -0.2) is 4.79 Å². The molecular formula is C18H23N3O3. The van der Waals surface area contributed by atoms with Crippen LogP contribution >= 0.6 is 0 Å². The summed E-state index contributed by atoms with van der Waals surface area (Å²) in [7, 11) is 0. The number of nitrogens with one attached hydrogen (secondary N) is 1. The summed E-state index contributed by atoms with van der Waals surface area (Å²) in [4.78, 5) is 39.7. The summed E-state index contributed by atoms with van der Waals surface area (Å²) in [5.41, 5.74) is 0.937. The molecule has 128 valence electrons. The molecule has 3 rings (SSSR count). The second-order valence-corrected chi connectivity index (χ2v) is 6.29. The van der Waals surface area contributed by atoms with Crippen LogP contribution in [0.2, 0.25) is 0 Å². The van der Waals surface area contributed by atoms with Gasteiger partial charge in [-0.3, -0.25) is 14.5 Å². The van der Waals surface area contributed by atoms with E-state index < -0.39 is 0 Å². The number of amides is 4. The van der Waals surface area contributed by atoms with Crippen molar-refractivity contribution in [2.75, 3.05) is 26.2 Å². The lowest BCUT2D eigenvalue weighted by molar-refractivity contribution is 0.0653. The van der Waals surface area contributed by atoms with Gasteiger partial charge in [-0.05, 0) is 31.4 Å². The topological polar surface area (TPSA) is 69.7 Å². The zero-order valence-electron chi connectivity index (χ0n) is 13.8. The van der Waals surface area contributed by atoms with E-state index in [2.05, 4.69) is 5.32 Å². The van der Waals surface area contributed by atoms with Gasteiger partial charge in [0.05, 0.1) is 11.1 Å². The lowest BCUT2D eigenvalue weighted by atomic mass is 10.1. The van der Waals surface area contributed by atoms with Gasteiger partial charge in [-0.2, -0.15) is 0 Å². The smallest absolute Gasteiger partial charge is 0.317 e. The molecule has 1 aromatic rings. The molecule has 2 aliphatic heterocycles. The van der Waals surface area contributed by atoms with Crippen molar-refractivity contribution < 1.29 is 14.4 Å². The van der Waals surface area contributed by atoms with Gasteiger partial charge in [0.25, 0.3) is 11.8 Å². The molecule has 2 aliphatic rings. The minimum Gasteiger partial charge on any atom is -0.338 e. The molecule has 6 heteroatoms. The minimum atomic E-state index is -0.241. The van der Waals surface area contributed by atoms with Crippen LogP contribution in [-0.4, -0.2) is 53.8 Å². The quantitative estimate of drug-likeness (QED) is 0.680. The predicted molar refractivity (Wildman–Crippen MR) is 89.9 cm³/mol. The summed E-state index contributed by atoms with van der Waals surface area (Å²) in [6.07, 6.45) is 5.04. The summed E-state index contributed by atoms with van der Waals surface area (Å²) in [6, 6.07) is 6.83. The Morgan fingerprint density at radius 2 is 1.54 bits per heavy atom. The second kappa shape index (κ2) is 7.47. The molecule has 1 fully saturated rings. The summed E-state index contributed by atoms with van der Waals surface area (Å²) in [5.74, 6) is -0.483. The van der Waals surface area contributed by atoms with Gasteiger partial charge in [0.1, 0.15) is 0 Å². The molecule has 0 atom stereocenters. The van der Waals surface area contributed by atoms with E-state index in [1.165, 1.54) is 17.7 Å². The summed E-state index contributed by atoms with van der Waals surface area (Å²) < 4.78 is 0. The Morgan fingerprint density at radius 1 is 0.958 bits per heavy atom. The van der Waals surface area contributed by atoms with Crippen LogP contribution in [0.3, 0.4) is 0 Å². The van der Waals surface area contributed by atoms with Crippen molar-refractivity contribution in [3.63, 3.8) is 0 Å². The van der Waals surface area contributed by atoms with Crippen LogP contribution in [-0.2, 0) is 0 Å². The summed E-state index contributed by atoms with van der Waals surface area (Å²) in [5, 5.41) is 2.89. The van der Waals surface area contributed by atoms with Crippen molar-refractivity contribution in [2.45, 2.75) is 32.1 Å². The number of carbonyl (C=O) groups is 3. The highest BCUT2D eigenvalue weighted by Crippen LogP contribution is 2.22. The van der Waals surface area contributed by atoms with Crippen molar-refractivity contribution >= 4 is 17.8 Å². The minimum absolute atomic E-state index is 0.0424. The van der Waals surface area contributed by atoms with E-state index in [1.54, 1.807) is 24.3 Å². The number of urea groups is 1. The fraction of sp³-hybridized carbons (Fsp3) is 0.500. The maximum atomic E-state index is 12.2. The molecule has 0 aliphatic carbocycles. The molecule has 0 bridgehead atoms. The molecule has 0 spiro atoms. The zero-order chi connectivity index (χ0) is 16.9. The van der Waals surface area contributed by atoms with Crippen LogP contribution in [0.15, 0.2) is 24.3 Å². The number of benzene rings is 1. The third-order valence-electron chi connectivity index (χ3n) is 4.61. The van der Waals surface area contributed by atoms with E-state index in [4.69, 9.17) is 0 Å². The van der Waals surface area contributed by atoms with Gasteiger partial charge >= 0.3 is 6.03 Å². The number of likely N-dealkylation sites (tertiary alicyclic amines) is 1. The van der Waals surface area contributed by atoms with Crippen LogP contribution in [0.1, 0.15) is 52.8 Å². The number of carbonyl (C=O) groups excluding carboxylic acids is 3. The molecule has 0 saturated carbocycles. The number of rotatable bonds is 4. The van der Waals surface area contributed by atoms with E-state index in [0.717, 1.165) is 25.9 Å². The highest BCUT2D eigenvalue weighted by molar-refractivity contribution is 6.21. The van der Waals surface area contributed by atoms with Gasteiger partial charge in [0, 0.05) is 26.2 Å². The maximum absolute atomic E-state index is 12.2. The van der Waals surface area contributed by atoms with E-state index in [-0.39, 0.29) is 17.8 Å². The van der Waals surface area contributed by atoms with Gasteiger partial charge in [-0.15, -0.1) is 0 Å². The van der Waals surface area contributed by atoms with Gasteiger partial charge < -0.3 is 10.2 Å². The van der Waals surface area contributed by atoms with Crippen LogP contribution < -0.4 is 5.32 Å². The summed E-state index contributed by atoms with van der Waals surface area (Å²) in [6.45, 7) is 2.41. The molecule has 0 unspecified atom stereocenters. The fourth-order valence-electron chi connectivity index (χ4n) is 3.26. The first-order chi connectivity index (χ1) is 11.7. The van der Waals surface area contributed by atoms with Crippen molar-refractivity contribution in [1.29, 1.82) is 0 Å². The first-order valence-electron chi connectivity index (χ1n) is 8.66. The SMILES string of the molecule is O=C(NCCCN1C(=O)c2ccccc2C1=O)N1CCCCCC1. The lowest BCUT2D eigenvalue weighted by Crippen LogP contribution is -2.41. The standard InChI is InChI=1S/C18H23N3O3/c22-16-14-8-3-4-9-15(14)17(23)21(16)13-7-10-19-18(24)20-11-5-1-2-6-12-20/h3-4,8-9H,1-2,5-7,10-13H2,(H,19,24). The molecular weight excluding hydrogens is 306 g/mol. The van der Waals surface area contributed by atoms with E-state index >= 15 is 0 Å². The predicted octanol–water partition coefficient (Wildman–Crippen LogP) is 2.26. The molecule has 2 heterocycles. The fourth-order valence-corrected chi connectivity index (χ4v) is 3.26. The number of nitrogens with zero attached hydrogens (tertiary/aromatic N) is 2. The second-order valence-electron chi connectivity index (χ2n) is 6.29. The Labute approximate surface area is 141 Å². The highest BCUT2D eigenvalue weighted by atomic mass is 16.2. The zero-order valence-corrected chi connectivity index (χ0v) is 13.8. The average Bonchev–Trinajstić information content (AvgIpc) is 2.81. The first-order valence-corrected chi connectivity index (χ1v) is 8.66. The third kappa shape index (κ3) is 3.42. The molecule has 4 amide bonds. The van der Waals surface area contributed by atoms with Gasteiger partial charge in [0.2, 0.25) is 0 Å². The van der Waals surface area contributed by atoms with Crippen LogP contribution in [0.25, 0.3) is 0 Å². The Morgan fingerprint density at radius 3 is 2.12 bits per heavy atom. The Hall–Kier alpha value is -2.37. The monoisotopic (exact) mass is 329 g/mol. The highest BCUT2D eigenvalue weighted by Gasteiger charge is 2.34. The Balaban J connectivity index is 1.45. The largest absolute Gasteiger partial charge is 0.338 e. The van der Waals surface area contributed by atoms with Crippen molar-refractivity contribution in [1.82, 2.24) is 15.1 Å². The number of hydrogen-bond acceptors (Lipinski definition) is 3. The van der Waals surface area contributed by atoms with E-state index in [1.807, 2.05) is 4.90 Å². The average molecular weight is 329 g/mol. The molecule has 24 heavy (non-hydrogen) atoms. The third-order valence-corrected chi connectivity index (χ3v) is 4.61. The molecule has 1 saturated heterocycles. The Bertz CT molecular complexity index is 601. The van der Waals surface area contributed by atoms with E-state index in [0.29, 0.717) is 30.6 Å². The molecule has 0 aromatic heterocycles. The van der Waals surface area contributed by atoms with Crippen molar-refractivity contribution in [3.8, 4) is 0 Å². The van der Waals surface area contributed by atoms with Gasteiger partial charge in [0.15, 0.2) is 0 Å². The normalized spacial score (nSPS) is 17.7. The van der Waals surface area contributed by atoms with E-state index in [9.17, 15) is 14.4 Å². The van der Waals surface area contributed by atoms with Crippen LogP contribution in [0.5, 0.6) is 0 Å². The number of hydrogen-bond donors (Lipinski definition) is 1. The lowest BCUT2D eigenvalue weighted by Gasteiger charge is -2.21. The Kier molecular flexibility index (Phi) is 5.13. The maximum Gasteiger partial charge on any atom is 0.317 e. The van der Waals surface area contributed by atoms with Gasteiger partial charge in [-0.1, -0.05) is 25.0 Å². The van der Waals surface area contributed by atoms with Crippen molar-refractivity contribution in [2.24, 2.45) is 0 Å². The number of fused-ring (bicyclic) bond motifs is 1. The van der Waals surface area contributed by atoms with Crippen LogP contribution in [0.4, 0.5) is 4.79 Å². The first kappa shape index (κ1) is 16.5. The number of imide groups is 1. The summed E-state index contributed by atoms with van der Waals surface area (Å²) >= 11 is 0. The molecule has 1 aromatic carbocycles. The van der Waals surface area contributed by atoms with Crippen LogP contribution in [0, 0.1) is 0 Å².